The Balaban J connectivity index is 2.72. The molecule has 0 aliphatic carbocycles. The van der Waals surface area contributed by atoms with Gasteiger partial charge in [-0.05, 0) is 19.1 Å². The maximum atomic E-state index is 11.3. The van der Waals surface area contributed by atoms with Crippen LogP contribution in [0.25, 0.3) is 0 Å². The third kappa shape index (κ3) is 4.49. The highest BCUT2D eigenvalue weighted by atomic mass is 79.9. The first-order valence-corrected chi connectivity index (χ1v) is 6.24. The lowest BCUT2D eigenvalue weighted by Gasteiger charge is -2.12. The van der Waals surface area contributed by atoms with Gasteiger partial charge in [0, 0.05) is 10.5 Å². The van der Waals surface area contributed by atoms with Crippen molar-refractivity contribution in [1.29, 1.82) is 0 Å². The van der Waals surface area contributed by atoms with Crippen LogP contribution in [0.4, 0.5) is 5.69 Å². The Hall–Kier alpha value is -1.67. The molecule has 0 saturated carbocycles. The minimum Gasteiger partial charge on any atom is -0.485 e. The highest BCUT2D eigenvalue weighted by Crippen LogP contribution is 2.30. The van der Waals surface area contributed by atoms with E-state index in [1.807, 2.05) is 0 Å². The van der Waals surface area contributed by atoms with Crippen molar-refractivity contribution in [1.82, 2.24) is 0 Å². The molecule has 0 spiro atoms. The van der Waals surface area contributed by atoms with E-state index in [1.54, 1.807) is 13.0 Å². The van der Waals surface area contributed by atoms with Crippen molar-refractivity contribution in [3.8, 4) is 5.75 Å². The molecule has 8 heteroatoms. The first-order valence-electron chi connectivity index (χ1n) is 5.44. The topological polar surface area (TPSA) is 105 Å². The molecular formula is C11H13BrN2O5. The average molecular weight is 333 g/mol. The zero-order valence-electron chi connectivity index (χ0n) is 10.2. The molecule has 19 heavy (non-hydrogen) atoms. The van der Waals surface area contributed by atoms with E-state index in [0.29, 0.717) is 4.47 Å². The van der Waals surface area contributed by atoms with Crippen molar-refractivity contribution in [3.63, 3.8) is 0 Å². The molecule has 2 N–H and O–H groups in total. The lowest BCUT2D eigenvalue weighted by atomic mass is 10.3. The molecule has 0 bridgehead atoms. The molecule has 0 aliphatic heterocycles. The lowest BCUT2D eigenvalue weighted by molar-refractivity contribution is -0.386. The highest BCUT2D eigenvalue weighted by Gasteiger charge is 2.19. The number of hydrogen-bond acceptors (Lipinski definition) is 6. The number of esters is 1. The first kappa shape index (κ1) is 15.4. The van der Waals surface area contributed by atoms with E-state index in [0.717, 1.165) is 0 Å². The van der Waals surface area contributed by atoms with Crippen LogP contribution in [0.3, 0.4) is 0 Å². The van der Waals surface area contributed by atoms with Gasteiger partial charge in [-0.2, -0.15) is 0 Å². The van der Waals surface area contributed by atoms with Crippen LogP contribution in [0.1, 0.15) is 6.92 Å². The average Bonchev–Trinajstić information content (AvgIpc) is 2.36. The number of halogens is 1. The van der Waals surface area contributed by atoms with E-state index >= 15 is 0 Å². The molecule has 1 aromatic carbocycles. The highest BCUT2D eigenvalue weighted by molar-refractivity contribution is 9.10. The molecule has 0 fully saturated rings. The molecule has 0 saturated heterocycles. The number of nitrogens with zero attached hydrogens (tertiary/aromatic N) is 1. The summed E-state index contributed by atoms with van der Waals surface area (Å²) >= 11 is 3.13. The van der Waals surface area contributed by atoms with Crippen molar-refractivity contribution in [3.05, 3.63) is 32.8 Å². The predicted octanol–water partition coefficient (Wildman–Crippen LogP) is 1.63. The SMILES string of the molecule is CCOC(=O)C(N)COc1ccc(Br)cc1[N+](=O)[O-]. The molecule has 0 aromatic heterocycles. The summed E-state index contributed by atoms with van der Waals surface area (Å²) in [6.07, 6.45) is 0. The van der Waals surface area contributed by atoms with E-state index < -0.39 is 16.9 Å². The zero-order valence-corrected chi connectivity index (χ0v) is 11.8. The summed E-state index contributed by atoms with van der Waals surface area (Å²) in [5.74, 6) is -0.560. The van der Waals surface area contributed by atoms with E-state index in [-0.39, 0.29) is 24.7 Å². The number of rotatable bonds is 6. The molecule has 104 valence electrons. The smallest absolute Gasteiger partial charge is 0.326 e. The summed E-state index contributed by atoms with van der Waals surface area (Å²) in [7, 11) is 0. The minimum atomic E-state index is -0.983. The standard InChI is InChI=1S/C11H13BrN2O5/c1-2-18-11(15)8(13)6-19-10-4-3-7(12)5-9(10)14(16)17/h3-5,8H,2,6,13H2,1H3. The van der Waals surface area contributed by atoms with E-state index in [1.165, 1.54) is 12.1 Å². The van der Waals surface area contributed by atoms with Crippen LogP contribution in [-0.4, -0.2) is 30.1 Å². The maximum Gasteiger partial charge on any atom is 0.326 e. The maximum absolute atomic E-state index is 11.3. The summed E-state index contributed by atoms with van der Waals surface area (Å²) in [4.78, 5) is 21.5. The van der Waals surface area contributed by atoms with E-state index in [2.05, 4.69) is 15.9 Å². The lowest BCUT2D eigenvalue weighted by Crippen LogP contribution is -2.37. The van der Waals surface area contributed by atoms with Gasteiger partial charge in [0.15, 0.2) is 5.75 Å². The molecule has 7 nitrogen and oxygen atoms in total. The number of nitrogens with two attached hydrogens (primary N) is 1. The van der Waals surface area contributed by atoms with Gasteiger partial charge < -0.3 is 15.2 Å². The fourth-order valence-corrected chi connectivity index (χ4v) is 1.60. The van der Waals surface area contributed by atoms with Crippen LogP contribution in [0.2, 0.25) is 0 Å². The Morgan fingerprint density at radius 3 is 2.84 bits per heavy atom. The molecule has 0 heterocycles. The number of ether oxygens (including phenoxy) is 2. The van der Waals surface area contributed by atoms with E-state index in [9.17, 15) is 14.9 Å². The normalized spacial score (nSPS) is 11.7. The van der Waals surface area contributed by atoms with Gasteiger partial charge >= 0.3 is 11.7 Å². The van der Waals surface area contributed by atoms with Gasteiger partial charge in [-0.1, -0.05) is 15.9 Å². The first-order chi connectivity index (χ1) is 8.95. The monoisotopic (exact) mass is 332 g/mol. The largest absolute Gasteiger partial charge is 0.485 e. The Morgan fingerprint density at radius 2 is 2.26 bits per heavy atom. The second-order valence-electron chi connectivity index (χ2n) is 3.54. The molecule has 1 atom stereocenters. The van der Waals surface area contributed by atoms with Gasteiger partial charge in [-0.15, -0.1) is 0 Å². The van der Waals surface area contributed by atoms with Crippen LogP contribution in [0.15, 0.2) is 22.7 Å². The zero-order chi connectivity index (χ0) is 14.4. The van der Waals surface area contributed by atoms with Crippen LogP contribution in [0.5, 0.6) is 5.75 Å². The second kappa shape index (κ2) is 7.05. The molecular weight excluding hydrogens is 320 g/mol. The summed E-state index contributed by atoms with van der Waals surface area (Å²) in [6, 6.07) is 3.35. The van der Waals surface area contributed by atoms with Crippen molar-refractivity contribution in [2.45, 2.75) is 13.0 Å². The van der Waals surface area contributed by atoms with Gasteiger partial charge in [0.2, 0.25) is 0 Å². The third-order valence-electron chi connectivity index (χ3n) is 2.13. The van der Waals surface area contributed by atoms with E-state index in [4.69, 9.17) is 15.2 Å². The van der Waals surface area contributed by atoms with Gasteiger partial charge in [0.05, 0.1) is 11.5 Å². The Kier molecular flexibility index (Phi) is 5.71. The molecule has 0 amide bonds. The number of carbonyl (C=O) groups is 1. The number of nitro benzene ring substituents is 1. The second-order valence-corrected chi connectivity index (χ2v) is 4.45. The summed E-state index contributed by atoms with van der Waals surface area (Å²) in [5.41, 5.74) is 5.33. The van der Waals surface area contributed by atoms with Gasteiger partial charge in [-0.3, -0.25) is 14.9 Å². The van der Waals surface area contributed by atoms with Gasteiger partial charge in [0.1, 0.15) is 12.6 Å². The third-order valence-corrected chi connectivity index (χ3v) is 2.62. The summed E-state index contributed by atoms with van der Waals surface area (Å²) in [6.45, 7) is 1.68. The fourth-order valence-electron chi connectivity index (χ4n) is 1.25. The van der Waals surface area contributed by atoms with Gasteiger partial charge in [0.25, 0.3) is 0 Å². The Morgan fingerprint density at radius 1 is 1.58 bits per heavy atom. The van der Waals surface area contributed by atoms with Crippen LogP contribution in [0, 0.1) is 10.1 Å². The summed E-state index contributed by atoms with van der Waals surface area (Å²) in [5, 5.41) is 10.8. The van der Waals surface area contributed by atoms with Crippen molar-refractivity contribution in [2.24, 2.45) is 5.73 Å². The minimum absolute atomic E-state index is 0.0490. The Bertz CT molecular complexity index is 480. The number of carbonyl (C=O) groups excluding carboxylic acids is 1. The van der Waals surface area contributed by atoms with Crippen molar-refractivity contribution in [2.75, 3.05) is 13.2 Å². The van der Waals surface area contributed by atoms with Crippen molar-refractivity contribution >= 4 is 27.6 Å². The number of hydrogen-bond donors (Lipinski definition) is 1. The van der Waals surface area contributed by atoms with Crippen LogP contribution in [-0.2, 0) is 9.53 Å². The molecule has 0 radical (unpaired) electrons. The number of nitro groups is 1. The van der Waals surface area contributed by atoms with Gasteiger partial charge in [-0.25, -0.2) is 0 Å². The van der Waals surface area contributed by atoms with Crippen LogP contribution < -0.4 is 10.5 Å². The summed E-state index contributed by atoms with van der Waals surface area (Å²) < 4.78 is 10.5. The Labute approximate surface area is 118 Å². The fraction of sp³-hybridized carbons (Fsp3) is 0.364. The molecule has 1 aromatic rings. The van der Waals surface area contributed by atoms with Crippen LogP contribution >= 0.6 is 15.9 Å². The number of benzene rings is 1. The molecule has 1 unspecified atom stereocenters. The predicted molar refractivity (Wildman–Crippen MR) is 70.9 cm³/mol. The van der Waals surface area contributed by atoms with Crippen molar-refractivity contribution < 1.29 is 19.2 Å². The molecule has 1 rings (SSSR count). The quantitative estimate of drug-likeness (QED) is 0.482. The molecule has 0 aliphatic rings.